The molecule has 0 radical (unpaired) electrons. The maximum absolute atomic E-state index is 12.2. The van der Waals surface area contributed by atoms with Gasteiger partial charge < -0.3 is 60.2 Å². The van der Waals surface area contributed by atoms with Gasteiger partial charge in [0.1, 0.15) is 48.1 Å². The van der Waals surface area contributed by atoms with E-state index in [2.05, 4.69) is 10.6 Å². The normalized spacial score (nSPS) is 34.1. The van der Waals surface area contributed by atoms with Crippen LogP contribution in [0.5, 0.6) is 11.5 Å². The second-order valence-electron chi connectivity index (χ2n) is 9.92. The largest absolute Gasteiger partial charge is 0.462 e. The third kappa shape index (κ3) is 7.19. The molecule has 2 heterocycles. The molecule has 0 spiro atoms. The Morgan fingerprint density at radius 3 is 1.32 bits per heavy atom. The van der Waals surface area contributed by atoms with Crippen LogP contribution < -0.4 is 20.1 Å². The molecule has 2 saturated heterocycles. The molecule has 0 bridgehead atoms. The fourth-order valence-electron chi connectivity index (χ4n) is 4.29. The molecular formula is C27H36N2O11. The summed E-state index contributed by atoms with van der Waals surface area (Å²) in [7, 11) is 0. The van der Waals surface area contributed by atoms with Gasteiger partial charge in [0.05, 0.1) is 12.2 Å². The zero-order valence-corrected chi connectivity index (χ0v) is 22.0. The van der Waals surface area contributed by atoms with Crippen LogP contribution in [-0.4, -0.2) is 98.1 Å². The van der Waals surface area contributed by atoms with Gasteiger partial charge in [0, 0.05) is 13.1 Å². The van der Waals surface area contributed by atoms with Crippen LogP contribution in [0.25, 0.3) is 0 Å². The van der Waals surface area contributed by atoms with Crippen LogP contribution in [0.3, 0.4) is 0 Å². The van der Waals surface area contributed by atoms with Gasteiger partial charge in [-0.1, -0.05) is 24.3 Å². The zero-order valence-electron chi connectivity index (χ0n) is 22.0. The summed E-state index contributed by atoms with van der Waals surface area (Å²) in [4.78, 5) is 12.2. The Labute approximate surface area is 230 Å². The maximum Gasteiger partial charge on any atom is 0.315 e. The zero-order chi connectivity index (χ0) is 29.0. The van der Waals surface area contributed by atoms with Gasteiger partial charge in [-0.25, -0.2) is 4.79 Å². The molecule has 2 aromatic rings. The van der Waals surface area contributed by atoms with Gasteiger partial charge in [0.2, 0.25) is 12.6 Å². The van der Waals surface area contributed by atoms with Gasteiger partial charge >= 0.3 is 6.03 Å². The predicted molar refractivity (Wildman–Crippen MR) is 138 cm³/mol. The SMILES string of the molecule is C[C@@H]1O[C@@H](Oc2ccc(CNC(=O)NCc3ccc(O[C@@H]4O[C@@H](C)[C@H](O)[C@@H](O)[C@H]4O)cc3)cc2)[C@H](O)[C@H](O)[C@H]1O. The Balaban J connectivity index is 1.19. The van der Waals surface area contributed by atoms with E-state index in [0.717, 1.165) is 11.1 Å². The van der Waals surface area contributed by atoms with Crippen molar-refractivity contribution in [2.75, 3.05) is 0 Å². The van der Waals surface area contributed by atoms with Crippen molar-refractivity contribution < 1.29 is 54.4 Å². The molecule has 2 aromatic carbocycles. The first-order valence-electron chi connectivity index (χ1n) is 13.0. The summed E-state index contributed by atoms with van der Waals surface area (Å²) in [6.45, 7) is 3.62. The van der Waals surface area contributed by atoms with Gasteiger partial charge in [-0.3, -0.25) is 0 Å². The van der Waals surface area contributed by atoms with E-state index in [9.17, 15) is 35.4 Å². The highest BCUT2D eigenvalue weighted by Gasteiger charge is 2.44. The lowest BCUT2D eigenvalue weighted by atomic mass is 10.00. The van der Waals surface area contributed by atoms with Crippen LogP contribution in [-0.2, 0) is 22.6 Å². The minimum atomic E-state index is -1.41. The number of aliphatic hydroxyl groups excluding tert-OH is 6. The second-order valence-corrected chi connectivity index (χ2v) is 9.92. The number of amides is 2. The number of aliphatic hydroxyl groups is 6. The van der Waals surface area contributed by atoms with Crippen molar-refractivity contribution in [1.82, 2.24) is 10.6 Å². The molecule has 0 aromatic heterocycles. The van der Waals surface area contributed by atoms with E-state index < -0.39 is 61.4 Å². The summed E-state index contributed by atoms with van der Waals surface area (Å²) < 4.78 is 22.1. The quantitative estimate of drug-likeness (QED) is 0.198. The first kappa shape index (κ1) is 30.0. The van der Waals surface area contributed by atoms with E-state index in [1.165, 1.54) is 0 Å². The third-order valence-corrected chi connectivity index (χ3v) is 6.87. The molecule has 13 heteroatoms. The van der Waals surface area contributed by atoms with Crippen molar-refractivity contribution in [3.05, 3.63) is 59.7 Å². The minimum absolute atomic E-state index is 0.242. The van der Waals surface area contributed by atoms with Crippen molar-refractivity contribution in [3.8, 4) is 11.5 Å². The van der Waals surface area contributed by atoms with Gasteiger partial charge in [-0.2, -0.15) is 0 Å². The van der Waals surface area contributed by atoms with E-state index in [-0.39, 0.29) is 19.1 Å². The lowest BCUT2D eigenvalue weighted by molar-refractivity contribution is -0.268. The highest BCUT2D eigenvalue weighted by Crippen LogP contribution is 2.25. The van der Waals surface area contributed by atoms with Crippen LogP contribution >= 0.6 is 0 Å². The molecule has 4 rings (SSSR count). The predicted octanol–water partition coefficient (Wildman–Crippen LogP) is -0.901. The molecule has 2 aliphatic heterocycles. The van der Waals surface area contributed by atoms with E-state index in [1.807, 2.05) is 0 Å². The molecular weight excluding hydrogens is 528 g/mol. The van der Waals surface area contributed by atoms with Crippen molar-refractivity contribution in [2.24, 2.45) is 0 Å². The van der Waals surface area contributed by atoms with E-state index in [4.69, 9.17) is 18.9 Å². The smallest absolute Gasteiger partial charge is 0.315 e. The fourth-order valence-corrected chi connectivity index (χ4v) is 4.29. The van der Waals surface area contributed by atoms with Crippen LogP contribution in [0, 0.1) is 0 Å². The molecule has 2 fully saturated rings. The number of nitrogens with one attached hydrogen (secondary N) is 2. The Hall–Kier alpha value is -3.01. The second kappa shape index (κ2) is 13.1. The molecule has 13 nitrogen and oxygen atoms in total. The Morgan fingerprint density at radius 2 is 0.975 bits per heavy atom. The highest BCUT2D eigenvalue weighted by molar-refractivity contribution is 5.73. The highest BCUT2D eigenvalue weighted by atomic mass is 16.7. The Kier molecular flexibility index (Phi) is 9.81. The molecule has 2 aliphatic rings. The monoisotopic (exact) mass is 564 g/mol. The molecule has 0 unspecified atom stereocenters. The van der Waals surface area contributed by atoms with E-state index in [1.54, 1.807) is 62.4 Å². The minimum Gasteiger partial charge on any atom is -0.462 e. The lowest BCUT2D eigenvalue weighted by Gasteiger charge is -2.38. The number of carbonyl (C=O) groups is 1. The molecule has 0 saturated carbocycles. The average Bonchev–Trinajstić information content (AvgIpc) is 2.95. The Bertz CT molecular complexity index is 1020. The van der Waals surface area contributed by atoms with Gasteiger partial charge in [-0.15, -0.1) is 0 Å². The maximum atomic E-state index is 12.2. The summed E-state index contributed by atoms with van der Waals surface area (Å²) in [5.41, 5.74) is 1.58. The van der Waals surface area contributed by atoms with Crippen LogP contribution in [0.2, 0.25) is 0 Å². The van der Waals surface area contributed by atoms with Gasteiger partial charge in [0.25, 0.3) is 0 Å². The number of hydrogen-bond acceptors (Lipinski definition) is 11. The van der Waals surface area contributed by atoms with Crippen molar-refractivity contribution in [1.29, 1.82) is 0 Å². The number of urea groups is 1. The van der Waals surface area contributed by atoms with Gasteiger partial charge in [0.15, 0.2) is 0 Å². The number of rotatable bonds is 8. The van der Waals surface area contributed by atoms with Crippen molar-refractivity contribution in [3.63, 3.8) is 0 Å². The van der Waals surface area contributed by atoms with Crippen molar-refractivity contribution in [2.45, 2.75) is 88.3 Å². The summed E-state index contributed by atoms with van der Waals surface area (Å²) in [6, 6.07) is 13.1. The summed E-state index contributed by atoms with van der Waals surface area (Å²) in [5, 5.41) is 65.0. The third-order valence-electron chi connectivity index (χ3n) is 6.87. The lowest BCUT2D eigenvalue weighted by Crippen LogP contribution is -2.58. The van der Waals surface area contributed by atoms with E-state index in [0.29, 0.717) is 11.5 Å². The number of carbonyl (C=O) groups excluding carboxylic acids is 1. The molecule has 0 aliphatic carbocycles. The average molecular weight is 565 g/mol. The summed E-state index contributed by atoms with van der Waals surface area (Å²) in [5.74, 6) is 0.765. The van der Waals surface area contributed by atoms with Crippen LogP contribution in [0.4, 0.5) is 4.79 Å². The summed E-state index contributed by atoms with van der Waals surface area (Å²) >= 11 is 0. The van der Waals surface area contributed by atoms with Crippen molar-refractivity contribution >= 4 is 6.03 Å². The van der Waals surface area contributed by atoms with Crippen LogP contribution in [0.15, 0.2) is 48.5 Å². The molecule has 220 valence electrons. The fraction of sp³-hybridized carbons (Fsp3) is 0.519. The summed E-state index contributed by atoms with van der Waals surface area (Å²) in [6.07, 6.45) is -11.7. The molecule has 8 N–H and O–H groups in total. The van der Waals surface area contributed by atoms with E-state index >= 15 is 0 Å². The number of hydrogen-bond donors (Lipinski definition) is 8. The molecule has 40 heavy (non-hydrogen) atoms. The van der Waals surface area contributed by atoms with Crippen LogP contribution in [0.1, 0.15) is 25.0 Å². The topological polar surface area (TPSA) is 199 Å². The first-order chi connectivity index (χ1) is 19.0. The molecule has 2 amide bonds. The Morgan fingerprint density at radius 1 is 0.625 bits per heavy atom. The standard InChI is InChI=1S/C27H36N2O11/c1-13-19(30)21(32)23(34)25(37-13)39-17-7-3-15(4-8-17)11-28-27(36)29-12-16-5-9-18(10-6-16)40-26-24(35)22(33)20(31)14(2)38-26/h3-10,13-14,19-26,30-35H,11-12H2,1-2H3,(H2,28,29,36)/t13-,14-,19-,20-,21+,22+,23+,24+,25-,26-/m0/s1. The number of benzene rings is 2. The molecule has 10 atom stereocenters. The number of ether oxygens (including phenoxy) is 4. The first-order valence-corrected chi connectivity index (χ1v) is 13.0. The van der Waals surface area contributed by atoms with Gasteiger partial charge in [-0.05, 0) is 49.2 Å².